The first-order valence-corrected chi connectivity index (χ1v) is 6.18. The van der Waals surface area contributed by atoms with E-state index in [0.29, 0.717) is 11.5 Å². The fraction of sp³-hybridized carbons (Fsp3) is 0.231. The Hall–Kier alpha value is -2.70. The highest BCUT2D eigenvalue weighted by Gasteiger charge is 2.22. The van der Waals surface area contributed by atoms with Crippen LogP contribution >= 0.6 is 0 Å². The van der Waals surface area contributed by atoms with Crippen LogP contribution in [0.3, 0.4) is 0 Å². The third-order valence-corrected chi connectivity index (χ3v) is 3.07. The number of rotatable bonds is 3. The van der Waals surface area contributed by atoms with Gasteiger partial charge in [0.05, 0.1) is 18.0 Å². The minimum Gasteiger partial charge on any atom is -0.477 e. The van der Waals surface area contributed by atoms with Crippen LogP contribution in [0.15, 0.2) is 24.8 Å². The third kappa shape index (κ3) is 1.75. The Kier molecular flexibility index (Phi) is 2.74. The summed E-state index contributed by atoms with van der Waals surface area (Å²) in [5.41, 5.74) is 2.00. The molecule has 0 aliphatic carbocycles. The Morgan fingerprint density at radius 2 is 2.25 bits per heavy atom. The van der Waals surface area contributed by atoms with Gasteiger partial charge in [-0.25, -0.2) is 14.8 Å². The molecule has 0 spiro atoms. The molecular weight excluding hydrogens is 258 g/mol. The number of hydrogen-bond acceptors (Lipinski definition) is 4. The van der Waals surface area contributed by atoms with Crippen molar-refractivity contribution in [2.45, 2.75) is 19.9 Å². The summed E-state index contributed by atoms with van der Waals surface area (Å²) in [4.78, 5) is 26.5. The first-order chi connectivity index (χ1) is 9.59. The van der Waals surface area contributed by atoms with E-state index in [0.717, 1.165) is 11.0 Å². The average Bonchev–Trinajstić information content (AvgIpc) is 3.02. The van der Waals surface area contributed by atoms with Gasteiger partial charge in [0.15, 0.2) is 11.5 Å². The maximum atomic E-state index is 11.2. The minimum absolute atomic E-state index is 0.0372. The summed E-state index contributed by atoms with van der Waals surface area (Å²) in [6.07, 6.45) is 4.71. The zero-order valence-corrected chi connectivity index (χ0v) is 11.0. The topological polar surface area (TPSA) is 96.7 Å². The van der Waals surface area contributed by atoms with Gasteiger partial charge in [-0.2, -0.15) is 0 Å². The number of carboxylic acid groups (broad SMARTS) is 1. The molecular formula is C13H13N5O2. The zero-order chi connectivity index (χ0) is 14.3. The van der Waals surface area contributed by atoms with E-state index in [9.17, 15) is 9.90 Å². The van der Waals surface area contributed by atoms with Gasteiger partial charge in [-0.1, -0.05) is 0 Å². The van der Waals surface area contributed by atoms with Crippen LogP contribution in [-0.2, 0) is 0 Å². The maximum Gasteiger partial charge on any atom is 0.354 e. The number of H-pyrrole nitrogens is 1. The van der Waals surface area contributed by atoms with Crippen molar-refractivity contribution in [2.24, 2.45) is 0 Å². The van der Waals surface area contributed by atoms with Gasteiger partial charge >= 0.3 is 5.97 Å². The van der Waals surface area contributed by atoms with Crippen molar-refractivity contribution < 1.29 is 9.90 Å². The predicted molar refractivity (Wildman–Crippen MR) is 72.5 cm³/mol. The number of fused-ring (bicyclic) bond motifs is 1. The molecule has 0 saturated carbocycles. The predicted octanol–water partition coefficient (Wildman–Crippen LogP) is 2.10. The van der Waals surface area contributed by atoms with Crippen molar-refractivity contribution in [3.05, 3.63) is 30.5 Å². The molecule has 3 aromatic heterocycles. The number of aromatic amines is 1. The second-order valence-electron chi connectivity index (χ2n) is 4.69. The van der Waals surface area contributed by atoms with Crippen molar-refractivity contribution in [2.75, 3.05) is 0 Å². The first kappa shape index (κ1) is 12.3. The van der Waals surface area contributed by atoms with E-state index in [2.05, 4.69) is 19.9 Å². The molecule has 20 heavy (non-hydrogen) atoms. The first-order valence-electron chi connectivity index (χ1n) is 6.18. The number of aromatic nitrogens is 5. The average molecular weight is 271 g/mol. The molecule has 3 aromatic rings. The number of carbonyl (C=O) groups is 1. The lowest BCUT2D eigenvalue weighted by Gasteiger charge is -2.12. The van der Waals surface area contributed by atoms with Crippen molar-refractivity contribution in [3.63, 3.8) is 0 Å². The molecule has 7 heteroatoms. The van der Waals surface area contributed by atoms with Crippen molar-refractivity contribution >= 4 is 17.0 Å². The zero-order valence-electron chi connectivity index (χ0n) is 11.0. The van der Waals surface area contributed by atoms with Gasteiger partial charge in [0, 0.05) is 12.2 Å². The summed E-state index contributed by atoms with van der Waals surface area (Å²) in [7, 11) is 0. The van der Waals surface area contributed by atoms with Gasteiger partial charge in [-0.3, -0.25) is 4.98 Å². The number of imidazole rings is 2. The molecule has 2 N–H and O–H groups in total. The van der Waals surface area contributed by atoms with Crippen LogP contribution in [0.25, 0.3) is 22.6 Å². The summed E-state index contributed by atoms with van der Waals surface area (Å²) in [6.45, 7) is 4.02. The molecule has 0 aliphatic heterocycles. The number of aromatic carboxylic acids is 1. The number of pyridine rings is 1. The number of carboxylic acids is 1. The van der Waals surface area contributed by atoms with Gasteiger partial charge in [-0.05, 0) is 19.9 Å². The molecule has 102 valence electrons. The Balaban J connectivity index is 2.33. The standard InChI is InChI=1S/C13H13N5O2/c1-7(2)18-9-3-4-14-5-8(9)17-12(18)10-11(13(19)20)16-6-15-10/h3-7H,1-2H3,(H,15,16)(H,19,20). The second-order valence-corrected chi connectivity index (χ2v) is 4.69. The maximum absolute atomic E-state index is 11.2. The smallest absolute Gasteiger partial charge is 0.354 e. The highest BCUT2D eigenvalue weighted by molar-refractivity contribution is 5.93. The van der Waals surface area contributed by atoms with Gasteiger partial charge in [0.1, 0.15) is 11.2 Å². The molecule has 0 aliphatic rings. The quantitative estimate of drug-likeness (QED) is 0.760. The van der Waals surface area contributed by atoms with Crippen LogP contribution < -0.4 is 0 Å². The molecule has 3 heterocycles. The van der Waals surface area contributed by atoms with E-state index in [1.807, 2.05) is 24.5 Å². The molecule has 3 rings (SSSR count). The van der Waals surface area contributed by atoms with Crippen LogP contribution in [-0.4, -0.2) is 35.6 Å². The molecule has 0 unspecified atom stereocenters. The fourth-order valence-corrected chi connectivity index (χ4v) is 2.27. The van der Waals surface area contributed by atoms with Crippen LogP contribution in [0.4, 0.5) is 0 Å². The highest BCUT2D eigenvalue weighted by atomic mass is 16.4. The third-order valence-electron chi connectivity index (χ3n) is 3.07. The lowest BCUT2D eigenvalue weighted by molar-refractivity contribution is 0.0692. The molecule has 7 nitrogen and oxygen atoms in total. The van der Waals surface area contributed by atoms with E-state index < -0.39 is 5.97 Å². The monoisotopic (exact) mass is 271 g/mol. The van der Waals surface area contributed by atoms with Crippen LogP contribution in [0.1, 0.15) is 30.4 Å². The lowest BCUT2D eigenvalue weighted by Crippen LogP contribution is -2.06. The van der Waals surface area contributed by atoms with E-state index in [1.165, 1.54) is 6.33 Å². The van der Waals surface area contributed by atoms with Gasteiger partial charge in [-0.15, -0.1) is 0 Å². The van der Waals surface area contributed by atoms with Gasteiger partial charge < -0.3 is 14.7 Å². The van der Waals surface area contributed by atoms with E-state index in [1.54, 1.807) is 12.4 Å². The van der Waals surface area contributed by atoms with E-state index >= 15 is 0 Å². The summed E-state index contributed by atoms with van der Waals surface area (Å²) >= 11 is 0. The molecule has 0 bridgehead atoms. The van der Waals surface area contributed by atoms with Crippen LogP contribution in [0.5, 0.6) is 0 Å². The summed E-state index contributed by atoms with van der Waals surface area (Å²) in [6, 6.07) is 1.98. The Morgan fingerprint density at radius 3 is 2.95 bits per heavy atom. The molecule has 0 saturated heterocycles. The second kappa shape index (κ2) is 4.44. The van der Waals surface area contributed by atoms with E-state index in [-0.39, 0.29) is 11.7 Å². The lowest BCUT2D eigenvalue weighted by atomic mass is 10.2. The fourth-order valence-electron chi connectivity index (χ4n) is 2.27. The minimum atomic E-state index is -1.06. The normalized spacial score (nSPS) is 11.3. The van der Waals surface area contributed by atoms with Crippen LogP contribution in [0, 0.1) is 0 Å². The molecule has 0 amide bonds. The van der Waals surface area contributed by atoms with Gasteiger partial charge in [0.25, 0.3) is 0 Å². The highest BCUT2D eigenvalue weighted by Crippen LogP contribution is 2.28. The number of nitrogens with one attached hydrogen (secondary N) is 1. The Labute approximate surface area is 114 Å². The summed E-state index contributed by atoms with van der Waals surface area (Å²) in [5, 5.41) is 9.20. The van der Waals surface area contributed by atoms with Crippen molar-refractivity contribution in [1.29, 1.82) is 0 Å². The molecule has 0 atom stereocenters. The number of nitrogens with zero attached hydrogens (tertiary/aromatic N) is 4. The molecule has 0 aromatic carbocycles. The number of hydrogen-bond donors (Lipinski definition) is 2. The SMILES string of the molecule is CC(C)n1c(-c2nc[nH]c2C(=O)O)nc2cnccc21. The van der Waals surface area contributed by atoms with Crippen LogP contribution in [0.2, 0.25) is 0 Å². The van der Waals surface area contributed by atoms with Gasteiger partial charge in [0.2, 0.25) is 0 Å². The largest absolute Gasteiger partial charge is 0.477 e. The molecule has 0 radical (unpaired) electrons. The Bertz CT molecular complexity index is 787. The summed E-state index contributed by atoms with van der Waals surface area (Å²) < 4.78 is 1.96. The molecule has 0 fully saturated rings. The summed E-state index contributed by atoms with van der Waals surface area (Å²) in [5.74, 6) is -0.528. The van der Waals surface area contributed by atoms with Crippen molar-refractivity contribution in [1.82, 2.24) is 24.5 Å². The Morgan fingerprint density at radius 1 is 1.45 bits per heavy atom. The van der Waals surface area contributed by atoms with Crippen molar-refractivity contribution in [3.8, 4) is 11.5 Å². The van der Waals surface area contributed by atoms with E-state index in [4.69, 9.17) is 0 Å².